The summed E-state index contributed by atoms with van der Waals surface area (Å²) in [6.07, 6.45) is -5.10. The number of guanidine groups is 1. The van der Waals surface area contributed by atoms with E-state index in [1.807, 2.05) is 0 Å². The van der Waals surface area contributed by atoms with Gasteiger partial charge >= 0.3 is 30.5 Å². The van der Waals surface area contributed by atoms with Crippen LogP contribution in [-0.2, 0) is 23.7 Å². The average molecular weight is 948 g/mol. The van der Waals surface area contributed by atoms with Crippen molar-refractivity contribution in [3.05, 3.63) is 59.2 Å². The van der Waals surface area contributed by atoms with E-state index in [4.69, 9.17) is 44.0 Å². The third kappa shape index (κ3) is 22.0. The molecule has 0 saturated heterocycles. The van der Waals surface area contributed by atoms with E-state index in [0.717, 1.165) is 21.9 Å². The lowest BCUT2D eigenvalue weighted by Gasteiger charge is -2.34. The zero-order valence-corrected chi connectivity index (χ0v) is 41.2. The number of halogens is 2. The topological polar surface area (TPSA) is 241 Å². The molecule has 2 aromatic carbocycles. The highest BCUT2D eigenvalue weighted by molar-refractivity contribution is 6.06. The van der Waals surface area contributed by atoms with Gasteiger partial charge in [0, 0.05) is 25.2 Å². The van der Waals surface area contributed by atoms with Crippen molar-refractivity contribution in [1.29, 1.82) is 10.8 Å². The van der Waals surface area contributed by atoms with Gasteiger partial charge in [0.25, 0.3) is 0 Å². The van der Waals surface area contributed by atoms with E-state index >= 15 is 8.78 Å². The predicted octanol–water partition coefficient (Wildman–Crippen LogP) is 9.67. The van der Waals surface area contributed by atoms with E-state index in [9.17, 15) is 24.0 Å². The molecule has 0 spiro atoms. The molecule has 4 N–H and O–H groups in total. The minimum atomic E-state index is -1.17. The number of amidine groups is 2. The van der Waals surface area contributed by atoms with Crippen LogP contribution in [0.5, 0.6) is 11.5 Å². The molecule has 19 nitrogen and oxygen atoms in total. The van der Waals surface area contributed by atoms with Crippen LogP contribution in [0.1, 0.15) is 128 Å². The maximum atomic E-state index is 15.1. The molecule has 2 aromatic rings. The second-order valence-electron chi connectivity index (χ2n) is 19.8. The largest absolute Gasteiger partial charge is 0.493 e. The fourth-order valence-corrected chi connectivity index (χ4v) is 5.16. The number of ether oxygens (including phenoxy) is 7. The molecule has 0 radical (unpaired) electrons. The lowest BCUT2D eigenvalue weighted by Crippen LogP contribution is -2.53. The normalized spacial score (nSPS) is 11.8. The Morgan fingerprint density at radius 3 is 1.16 bits per heavy atom. The molecule has 5 amide bonds. The van der Waals surface area contributed by atoms with Gasteiger partial charge in [-0.25, -0.2) is 42.6 Å². The summed E-state index contributed by atoms with van der Waals surface area (Å²) < 4.78 is 68.9. The first-order valence-electron chi connectivity index (χ1n) is 21.4. The number of hydrogen-bond donors (Lipinski definition) is 4. The van der Waals surface area contributed by atoms with Gasteiger partial charge in [-0.1, -0.05) is 0 Å². The molecule has 0 aromatic heterocycles. The first-order chi connectivity index (χ1) is 30.5. The summed E-state index contributed by atoms with van der Waals surface area (Å²) in [4.78, 5) is 71.7. The number of benzene rings is 2. The van der Waals surface area contributed by atoms with Gasteiger partial charge in [0.1, 0.15) is 62.8 Å². The Kier molecular flexibility index (Phi) is 19.6. The SMILES string of the molecule is CC(C)(C)OC(=O)N=C(N(CCCOc1ccc(C(=N)NC(=O)OC(C)(C)C)c(F)c1)C(=O)OC(C)(C)C)N(CCCOc1ccc(C(=N)NC(=O)OC(C)(C)C)c(F)c1)C(=O)OC(C)(C)C. The highest BCUT2D eigenvalue weighted by atomic mass is 19.1. The van der Waals surface area contributed by atoms with Crippen molar-refractivity contribution in [2.45, 2.75) is 145 Å². The van der Waals surface area contributed by atoms with E-state index in [2.05, 4.69) is 15.6 Å². The molecule has 2 rings (SSSR count). The number of nitrogens with one attached hydrogen (secondary N) is 4. The van der Waals surface area contributed by atoms with E-state index in [1.54, 1.807) is 104 Å². The van der Waals surface area contributed by atoms with E-state index < -0.39 is 87.7 Å². The van der Waals surface area contributed by atoms with Crippen molar-refractivity contribution in [3.63, 3.8) is 0 Å². The molecule has 372 valence electrons. The first kappa shape index (κ1) is 56.6. The molecule has 0 aliphatic heterocycles. The number of carbonyl (C=O) groups excluding carboxylic acids is 5. The molecule has 0 aliphatic rings. The average Bonchev–Trinajstić information content (AvgIpc) is 3.10. The molecule has 67 heavy (non-hydrogen) atoms. The summed E-state index contributed by atoms with van der Waals surface area (Å²) in [5.74, 6) is -3.30. The van der Waals surface area contributed by atoms with Gasteiger partial charge in [0.15, 0.2) is 0 Å². The number of amides is 5. The maximum Gasteiger partial charge on any atom is 0.437 e. The zero-order valence-electron chi connectivity index (χ0n) is 41.2. The van der Waals surface area contributed by atoms with Gasteiger partial charge in [-0.15, -0.1) is 4.99 Å². The van der Waals surface area contributed by atoms with Gasteiger partial charge < -0.3 is 33.2 Å². The fraction of sp³-hybridized carbons (Fsp3) is 0.565. The molecule has 0 atom stereocenters. The fourth-order valence-electron chi connectivity index (χ4n) is 5.16. The van der Waals surface area contributed by atoms with Crippen LogP contribution in [0.3, 0.4) is 0 Å². The Balaban J connectivity index is 2.44. The summed E-state index contributed by atoms with van der Waals surface area (Å²) in [7, 11) is 0. The predicted molar refractivity (Wildman–Crippen MR) is 245 cm³/mol. The smallest absolute Gasteiger partial charge is 0.437 e. The molecule has 21 heteroatoms. The number of alkyl carbamates (subject to hydrolysis) is 2. The van der Waals surface area contributed by atoms with E-state index in [0.29, 0.717) is 0 Å². The van der Waals surface area contributed by atoms with Crippen LogP contribution >= 0.6 is 0 Å². The summed E-state index contributed by atoms with van der Waals surface area (Å²) in [5, 5.41) is 20.6. The van der Waals surface area contributed by atoms with Gasteiger partial charge in [0.2, 0.25) is 5.96 Å². The van der Waals surface area contributed by atoms with Crippen molar-refractivity contribution in [3.8, 4) is 11.5 Å². The van der Waals surface area contributed by atoms with Crippen molar-refractivity contribution >= 4 is 48.1 Å². The number of carbonyl (C=O) groups is 5. The van der Waals surface area contributed by atoms with Crippen LogP contribution in [-0.4, -0.2) is 112 Å². The van der Waals surface area contributed by atoms with Crippen molar-refractivity contribution in [1.82, 2.24) is 20.4 Å². The van der Waals surface area contributed by atoms with Gasteiger partial charge in [-0.3, -0.25) is 21.5 Å². The molecule has 0 aliphatic carbocycles. The maximum absolute atomic E-state index is 15.1. The Morgan fingerprint density at radius 2 is 0.866 bits per heavy atom. The van der Waals surface area contributed by atoms with Crippen LogP contribution in [0.2, 0.25) is 0 Å². The van der Waals surface area contributed by atoms with Crippen LogP contribution in [0.25, 0.3) is 0 Å². The number of rotatable bonds is 12. The van der Waals surface area contributed by atoms with Gasteiger partial charge in [-0.05, 0) is 141 Å². The Morgan fingerprint density at radius 1 is 0.537 bits per heavy atom. The third-order valence-electron chi connectivity index (χ3n) is 7.56. The highest BCUT2D eigenvalue weighted by Crippen LogP contribution is 2.22. The van der Waals surface area contributed by atoms with Crippen LogP contribution in [0.4, 0.5) is 32.8 Å². The molecule has 0 fully saturated rings. The number of aliphatic imine (C=N–C) groups is 1. The molecule has 0 heterocycles. The number of nitrogens with zero attached hydrogens (tertiary/aromatic N) is 3. The number of hydrogen-bond acceptors (Lipinski definition) is 14. The quantitative estimate of drug-likeness (QED) is 0.0673. The van der Waals surface area contributed by atoms with Crippen LogP contribution < -0.4 is 20.1 Å². The summed E-state index contributed by atoms with van der Waals surface area (Å²) in [5.41, 5.74) is -5.36. The lowest BCUT2D eigenvalue weighted by molar-refractivity contribution is 0.0266. The van der Waals surface area contributed by atoms with Gasteiger partial charge in [0.05, 0.1) is 24.3 Å². The summed E-state index contributed by atoms with van der Waals surface area (Å²) in [6.45, 7) is 23.4. The van der Waals surface area contributed by atoms with Crippen molar-refractivity contribution in [2.75, 3.05) is 26.3 Å². The molecule has 0 unspecified atom stereocenters. The monoisotopic (exact) mass is 947 g/mol. The highest BCUT2D eigenvalue weighted by Gasteiger charge is 2.36. The standard InChI is InChI=1S/C46H67F2N7O12/c1-42(2,3)63-37(56)51-34(49)30-20-18-28(26-32(30)47)61-24-16-22-54(40(59)66-45(10,11)12)36(53-39(58)65-44(7,8)9)55(41(60)67-46(13,14)15)23-17-25-62-29-19-21-31(33(48)27-29)35(50)52-38(57)64-43(4,5)6/h18-21,26-27H,16-17,22-25H2,1-15H3,(H2,49,51,56)(H2,50,52,57). The Bertz CT molecular complexity index is 2010. The zero-order chi connectivity index (χ0) is 51.3. The van der Waals surface area contributed by atoms with Gasteiger partial charge in [-0.2, -0.15) is 0 Å². The second kappa shape index (κ2) is 23.3. The minimum Gasteiger partial charge on any atom is -0.493 e. The Hall–Kier alpha value is -6.54. The second-order valence-corrected chi connectivity index (χ2v) is 19.8. The lowest BCUT2D eigenvalue weighted by atomic mass is 10.2. The minimum absolute atomic E-state index is 0.0104. The molecular weight excluding hydrogens is 881 g/mol. The molecular formula is C46H67F2N7O12. The van der Waals surface area contributed by atoms with Crippen LogP contribution in [0.15, 0.2) is 41.4 Å². The molecule has 0 saturated carbocycles. The molecule has 0 bridgehead atoms. The van der Waals surface area contributed by atoms with Crippen LogP contribution in [0, 0.1) is 22.5 Å². The first-order valence-corrected chi connectivity index (χ1v) is 21.4. The summed E-state index contributed by atoms with van der Waals surface area (Å²) in [6, 6.07) is 7.21. The van der Waals surface area contributed by atoms with E-state index in [1.165, 1.54) is 24.3 Å². The van der Waals surface area contributed by atoms with Crippen molar-refractivity contribution < 1.29 is 65.9 Å². The van der Waals surface area contributed by atoms with E-state index in [-0.39, 0.29) is 61.8 Å². The summed E-state index contributed by atoms with van der Waals surface area (Å²) >= 11 is 0. The Labute approximate surface area is 391 Å². The third-order valence-corrected chi connectivity index (χ3v) is 7.56. The van der Waals surface area contributed by atoms with Crippen molar-refractivity contribution in [2.24, 2.45) is 4.99 Å².